The number of benzene rings is 1. The van der Waals surface area contributed by atoms with Gasteiger partial charge in [0, 0.05) is 13.1 Å². The van der Waals surface area contributed by atoms with Crippen LogP contribution in [-0.2, 0) is 6.18 Å². The quantitative estimate of drug-likeness (QED) is 0.343. The second kappa shape index (κ2) is 13.7. The van der Waals surface area contributed by atoms with Gasteiger partial charge >= 0.3 is 12.3 Å². The van der Waals surface area contributed by atoms with Gasteiger partial charge in [0.1, 0.15) is 5.75 Å². The fourth-order valence-electron chi connectivity index (χ4n) is 4.34. The molecule has 1 aliphatic rings. The first-order valence-corrected chi connectivity index (χ1v) is 12.1. The zero-order valence-electron chi connectivity index (χ0n) is 19.6. The first-order chi connectivity index (χ1) is 15.3. The Morgan fingerprint density at radius 3 is 2.22 bits per heavy atom. The van der Waals surface area contributed by atoms with Crippen molar-refractivity contribution >= 4 is 6.09 Å². The second-order valence-corrected chi connectivity index (χ2v) is 8.98. The molecule has 1 aromatic carbocycles. The van der Waals surface area contributed by atoms with Crippen LogP contribution in [0.15, 0.2) is 24.3 Å². The number of alkyl halides is 3. The van der Waals surface area contributed by atoms with E-state index in [1.165, 1.54) is 57.1 Å². The standard InChI is InChI=1S/C25H39F3N2O2/c1-3-4-7-18-29-19-8-5-6-9-20-10-14-22(15-11-20)30(2)24(31)32-23-16-12-21(13-17-23)25(26,27)28/h12-13,16-17,20,22,29H,3-11,14-15,18-19H2,1-2H3. The second-order valence-electron chi connectivity index (χ2n) is 8.98. The topological polar surface area (TPSA) is 41.6 Å². The summed E-state index contributed by atoms with van der Waals surface area (Å²) < 4.78 is 43.2. The normalized spacial score (nSPS) is 19.0. The first kappa shape index (κ1) is 26.5. The molecule has 0 aromatic heterocycles. The van der Waals surface area contributed by atoms with Crippen molar-refractivity contribution in [1.29, 1.82) is 0 Å². The van der Waals surface area contributed by atoms with Gasteiger partial charge in [0.25, 0.3) is 0 Å². The number of amides is 1. The Labute approximate surface area is 190 Å². The largest absolute Gasteiger partial charge is 0.416 e. The van der Waals surface area contributed by atoms with Crippen LogP contribution in [0.2, 0.25) is 0 Å². The van der Waals surface area contributed by atoms with Crippen LogP contribution in [0, 0.1) is 5.92 Å². The van der Waals surface area contributed by atoms with Gasteiger partial charge in [-0.2, -0.15) is 13.2 Å². The van der Waals surface area contributed by atoms with Crippen LogP contribution >= 0.6 is 0 Å². The summed E-state index contributed by atoms with van der Waals surface area (Å²) in [5, 5.41) is 3.51. The summed E-state index contributed by atoms with van der Waals surface area (Å²) in [6.07, 6.45) is 8.05. The fraction of sp³-hybridized carbons (Fsp3) is 0.720. The van der Waals surface area contributed by atoms with E-state index in [0.29, 0.717) is 0 Å². The fourth-order valence-corrected chi connectivity index (χ4v) is 4.34. The Balaban J connectivity index is 1.60. The van der Waals surface area contributed by atoms with Gasteiger partial charge in [-0.25, -0.2) is 4.79 Å². The van der Waals surface area contributed by atoms with Crippen molar-refractivity contribution in [3.63, 3.8) is 0 Å². The molecule has 32 heavy (non-hydrogen) atoms. The molecule has 1 saturated carbocycles. The number of carbonyl (C=O) groups is 1. The van der Waals surface area contributed by atoms with Crippen LogP contribution in [0.1, 0.15) is 83.1 Å². The molecular formula is C25H39F3N2O2. The van der Waals surface area contributed by atoms with Crippen molar-refractivity contribution < 1.29 is 22.7 Å². The third-order valence-corrected chi connectivity index (χ3v) is 6.46. The number of hydrogen-bond acceptors (Lipinski definition) is 3. The van der Waals surface area contributed by atoms with E-state index in [1.807, 2.05) is 0 Å². The van der Waals surface area contributed by atoms with Crippen LogP contribution in [0.5, 0.6) is 5.75 Å². The molecule has 0 radical (unpaired) electrons. The van der Waals surface area contributed by atoms with E-state index < -0.39 is 17.8 Å². The molecule has 0 bridgehead atoms. The summed E-state index contributed by atoms with van der Waals surface area (Å²) in [7, 11) is 1.71. The first-order valence-electron chi connectivity index (χ1n) is 12.1. The van der Waals surface area contributed by atoms with Crippen molar-refractivity contribution in [1.82, 2.24) is 10.2 Å². The Morgan fingerprint density at radius 1 is 1.00 bits per heavy atom. The summed E-state index contributed by atoms with van der Waals surface area (Å²) in [6, 6.07) is 4.35. The summed E-state index contributed by atoms with van der Waals surface area (Å²) >= 11 is 0. The van der Waals surface area contributed by atoms with Crippen LogP contribution in [0.25, 0.3) is 0 Å². The average Bonchev–Trinajstić information content (AvgIpc) is 2.77. The van der Waals surface area contributed by atoms with Gasteiger partial charge in [0.2, 0.25) is 0 Å². The van der Waals surface area contributed by atoms with E-state index in [1.54, 1.807) is 11.9 Å². The molecule has 1 aromatic rings. The lowest BCUT2D eigenvalue weighted by Gasteiger charge is -2.34. The van der Waals surface area contributed by atoms with Crippen LogP contribution in [0.3, 0.4) is 0 Å². The highest BCUT2D eigenvalue weighted by Gasteiger charge is 2.31. The third kappa shape index (κ3) is 9.39. The molecule has 0 saturated heterocycles. The highest BCUT2D eigenvalue weighted by Crippen LogP contribution is 2.32. The zero-order valence-corrected chi connectivity index (χ0v) is 19.6. The minimum Gasteiger partial charge on any atom is -0.410 e. The summed E-state index contributed by atoms with van der Waals surface area (Å²) in [6.45, 7) is 4.47. The molecule has 1 amide bonds. The molecular weight excluding hydrogens is 417 g/mol. The lowest BCUT2D eigenvalue weighted by atomic mass is 9.82. The van der Waals surface area contributed by atoms with Gasteiger partial charge in [-0.15, -0.1) is 0 Å². The number of nitrogens with zero attached hydrogens (tertiary/aromatic N) is 1. The highest BCUT2D eigenvalue weighted by atomic mass is 19.4. The lowest BCUT2D eigenvalue weighted by molar-refractivity contribution is -0.137. The Bertz CT molecular complexity index is 656. The number of ether oxygens (including phenoxy) is 1. The number of unbranched alkanes of at least 4 members (excludes halogenated alkanes) is 4. The molecule has 2 rings (SSSR count). The predicted molar refractivity (Wildman–Crippen MR) is 122 cm³/mol. The van der Waals surface area contributed by atoms with Crippen LogP contribution in [-0.4, -0.2) is 37.2 Å². The van der Waals surface area contributed by atoms with Gasteiger partial charge < -0.3 is 15.0 Å². The molecule has 0 unspecified atom stereocenters. The van der Waals surface area contributed by atoms with E-state index in [4.69, 9.17) is 4.74 Å². The molecule has 0 atom stereocenters. The van der Waals surface area contributed by atoms with Crippen molar-refractivity contribution in [3.05, 3.63) is 29.8 Å². The van der Waals surface area contributed by atoms with E-state index in [-0.39, 0.29) is 11.8 Å². The van der Waals surface area contributed by atoms with Gasteiger partial charge in [0.05, 0.1) is 5.56 Å². The maximum atomic E-state index is 12.7. The number of carbonyl (C=O) groups excluding carboxylic acids is 1. The number of hydrogen-bond donors (Lipinski definition) is 1. The number of halogens is 3. The third-order valence-electron chi connectivity index (χ3n) is 6.46. The smallest absolute Gasteiger partial charge is 0.410 e. The van der Waals surface area contributed by atoms with Crippen molar-refractivity contribution in [2.24, 2.45) is 5.92 Å². The summed E-state index contributed by atoms with van der Waals surface area (Å²) in [5.41, 5.74) is -0.757. The lowest BCUT2D eigenvalue weighted by Crippen LogP contribution is -2.41. The SMILES string of the molecule is CCCCCNCCCCCC1CCC(N(C)C(=O)Oc2ccc(C(F)(F)F)cc2)CC1. The van der Waals surface area contributed by atoms with Crippen LogP contribution < -0.4 is 10.1 Å². The van der Waals surface area contributed by atoms with Crippen LogP contribution in [0.4, 0.5) is 18.0 Å². The molecule has 4 nitrogen and oxygen atoms in total. The van der Waals surface area contributed by atoms with E-state index in [9.17, 15) is 18.0 Å². The average molecular weight is 457 g/mol. The van der Waals surface area contributed by atoms with E-state index >= 15 is 0 Å². The van der Waals surface area contributed by atoms with Crippen molar-refractivity contribution in [3.8, 4) is 5.75 Å². The minimum atomic E-state index is -4.40. The minimum absolute atomic E-state index is 0.125. The van der Waals surface area contributed by atoms with Gasteiger partial charge in [0.15, 0.2) is 0 Å². The van der Waals surface area contributed by atoms with Crippen molar-refractivity contribution in [2.75, 3.05) is 20.1 Å². The molecule has 0 spiro atoms. The maximum absolute atomic E-state index is 12.7. The molecule has 1 aliphatic carbocycles. The zero-order chi connectivity index (χ0) is 23.4. The summed E-state index contributed by atoms with van der Waals surface area (Å²) in [4.78, 5) is 14.0. The summed E-state index contributed by atoms with van der Waals surface area (Å²) in [5.74, 6) is 0.853. The Kier molecular flexibility index (Phi) is 11.4. The molecule has 1 N–H and O–H groups in total. The molecule has 0 heterocycles. The highest BCUT2D eigenvalue weighted by molar-refractivity contribution is 5.70. The van der Waals surface area contributed by atoms with E-state index in [2.05, 4.69) is 12.2 Å². The Hall–Kier alpha value is -1.76. The molecule has 0 aliphatic heterocycles. The van der Waals surface area contributed by atoms with Gasteiger partial charge in [-0.1, -0.05) is 39.0 Å². The number of nitrogens with one attached hydrogen (secondary N) is 1. The van der Waals surface area contributed by atoms with Gasteiger partial charge in [-0.05, 0) is 81.8 Å². The number of rotatable bonds is 12. The van der Waals surface area contributed by atoms with Crippen molar-refractivity contribution in [2.45, 2.75) is 89.8 Å². The Morgan fingerprint density at radius 2 is 1.62 bits per heavy atom. The molecule has 182 valence electrons. The molecule has 7 heteroatoms. The maximum Gasteiger partial charge on any atom is 0.416 e. The monoisotopic (exact) mass is 456 g/mol. The van der Waals surface area contributed by atoms with Gasteiger partial charge in [-0.3, -0.25) is 0 Å². The van der Waals surface area contributed by atoms with E-state index in [0.717, 1.165) is 56.8 Å². The molecule has 1 fully saturated rings. The predicted octanol–water partition coefficient (Wildman–Crippen LogP) is 7.04.